The number of hydrogen-bond donors (Lipinski definition) is 1. The van der Waals surface area contributed by atoms with Crippen molar-refractivity contribution in [3.63, 3.8) is 0 Å². The van der Waals surface area contributed by atoms with Crippen LogP contribution in [0.15, 0.2) is 0 Å². The molecule has 0 aliphatic carbocycles. The van der Waals surface area contributed by atoms with Crippen molar-refractivity contribution in [1.82, 2.24) is 0 Å². The monoisotopic (exact) mass is 329 g/mol. The van der Waals surface area contributed by atoms with Gasteiger partial charge in [0.15, 0.2) is 19.7 Å². The van der Waals surface area contributed by atoms with Gasteiger partial charge in [-0.15, -0.1) is 0 Å². The van der Waals surface area contributed by atoms with Gasteiger partial charge in [-0.2, -0.15) is 0 Å². The lowest BCUT2D eigenvalue weighted by molar-refractivity contribution is 0.130. The molecule has 0 fully saturated rings. The van der Waals surface area contributed by atoms with Crippen LogP contribution in [0.3, 0.4) is 0 Å². The fraction of sp³-hybridized carbons (Fsp3) is 1.00. The molecule has 0 saturated carbocycles. The highest BCUT2D eigenvalue weighted by Gasteiger charge is 2.34. The Morgan fingerprint density at radius 1 is 0.900 bits per heavy atom. The SMILES string of the molecule is CC(C)(C)S(=O)(=O)CCOCC(C)(C)S(=O)(=O)CCN. The molecular weight excluding hydrogens is 302 g/mol. The third-order valence-electron chi connectivity index (χ3n) is 3.11. The lowest BCUT2D eigenvalue weighted by Gasteiger charge is -2.25. The number of rotatable bonds is 8. The number of sulfone groups is 2. The molecular formula is C12H27NO5S2. The van der Waals surface area contributed by atoms with Crippen LogP contribution in [0, 0.1) is 0 Å². The predicted molar refractivity (Wildman–Crippen MR) is 81.3 cm³/mol. The topological polar surface area (TPSA) is 104 Å². The fourth-order valence-corrected chi connectivity index (χ4v) is 3.39. The first-order chi connectivity index (χ1) is 8.77. The molecule has 0 aromatic carbocycles. The Balaban J connectivity index is 4.47. The lowest BCUT2D eigenvalue weighted by atomic mass is 10.2. The summed E-state index contributed by atoms with van der Waals surface area (Å²) in [7, 11) is -6.61. The van der Waals surface area contributed by atoms with Gasteiger partial charge in [0.05, 0.1) is 34.2 Å². The Morgan fingerprint density at radius 2 is 1.40 bits per heavy atom. The number of nitrogens with two attached hydrogens (primary N) is 1. The number of hydrogen-bond acceptors (Lipinski definition) is 6. The molecule has 0 heterocycles. The summed E-state index contributed by atoms with van der Waals surface area (Å²) in [5.74, 6) is -0.229. The van der Waals surface area contributed by atoms with Crippen LogP contribution in [0.2, 0.25) is 0 Å². The zero-order valence-corrected chi connectivity index (χ0v) is 14.6. The quantitative estimate of drug-likeness (QED) is 0.645. The minimum Gasteiger partial charge on any atom is -0.379 e. The van der Waals surface area contributed by atoms with Crippen molar-refractivity contribution in [2.24, 2.45) is 5.73 Å². The van der Waals surface area contributed by atoms with Gasteiger partial charge in [0.1, 0.15) is 0 Å². The molecule has 0 amide bonds. The fourth-order valence-electron chi connectivity index (χ4n) is 1.31. The second kappa shape index (κ2) is 6.72. The maximum Gasteiger partial charge on any atom is 0.158 e. The summed E-state index contributed by atoms with van der Waals surface area (Å²) in [6, 6.07) is 0. The molecule has 8 heteroatoms. The van der Waals surface area contributed by atoms with Gasteiger partial charge in [-0.3, -0.25) is 0 Å². The van der Waals surface area contributed by atoms with Crippen LogP contribution in [0.1, 0.15) is 34.6 Å². The van der Waals surface area contributed by atoms with Crippen molar-refractivity contribution in [2.45, 2.75) is 44.1 Å². The highest BCUT2D eigenvalue weighted by molar-refractivity contribution is 7.93. The highest BCUT2D eigenvalue weighted by Crippen LogP contribution is 2.19. The van der Waals surface area contributed by atoms with Gasteiger partial charge in [0.2, 0.25) is 0 Å². The molecule has 0 aromatic rings. The molecule has 0 unspecified atom stereocenters. The van der Waals surface area contributed by atoms with Gasteiger partial charge in [0, 0.05) is 6.54 Å². The van der Waals surface area contributed by atoms with Gasteiger partial charge in [0.25, 0.3) is 0 Å². The van der Waals surface area contributed by atoms with Crippen LogP contribution >= 0.6 is 0 Å². The summed E-state index contributed by atoms with van der Waals surface area (Å²) in [5, 5.41) is 0. The molecule has 6 nitrogen and oxygen atoms in total. The lowest BCUT2D eigenvalue weighted by Crippen LogP contribution is -2.41. The molecule has 0 bridgehead atoms. The average Bonchev–Trinajstić information content (AvgIpc) is 2.22. The molecule has 0 radical (unpaired) electrons. The Bertz CT molecular complexity index is 500. The summed E-state index contributed by atoms with van der Waals surface area (Å²) in [5.41, 5.74) is 5.27. The van der Waals surface area contributed by atoms with E-state index in [4.69, 9.17) is 10.5 Å². The van der Waals surface area contributed by atoms with E-state index in [2.05, 4.69) is 0 Å². The van der Waals surface area contributed by atoms with Crippen LogP contribution in [0.5, 0.6) is 0 Å². The molecule has 0 spiro atoms. The first kappa shape index (κ1) is 19.8. The summed E-state index contributed by atoms with van der Waals surface area (Å²) < 4.78 is 50.9. The molecule has 0 aliphatic rings. The van der Waals surface area contributed by atoms with E-state index in [9.17, 15) is 16.8 Å². The van der Waals surface area contributed by atoms with Crippen molar-refractivity contribution in [3.05, 3.63) is 0 Å². The van der Waals surface area contributed by atoms with Gasteiger partial charge in [-0.25, -0.2) is 16.8 Å². The van der Waals surface area contributed by atoms with Crippen LogP contribution in [0.25, 0.3) is 0 Å². The predicted octanol–water partition coefficient (Wildman–Crippen LogP) is 0.368. The standard InChI is InChI=1S/C12H27NO5S2/c1-11(2,3)19(14,15)9-7-18-10-12(4,5)20(16,17)8-6-13/h6-10,13H2,1-5H3. The smallest absolute Gasteiger partial charge is 0.158 e. The van der Waals surface area contributed by atoms with E-state index in [1.807, 2.05) is 0 Å². The molecule has 0 rings (SSSR count). The molecule has 2 N–H and O–H groups in total. The van der Waals surface area contributed by atoms with Crippen LogP contribution in [-0.4, -0.2) is 57.6 Å². The molecule has 0 aromatic heterocycles. The highest BCUT2D eigenvalue weighted by atomic mass is 32.2. The summed E-state index contributed by atoms with van der Waals surface area (Å²) in [4.78, 5) is 0. The molecule has 0 saturated heterocycles. The molecule has 0 aliphatic heterocycles. The van der Waals surface area contributed by atoms with E-state index in [1.165, 1.54) is 0 Å². The van der Waals surface area contributed by atoms with Crippen molar-refractivity contribution in [2.75, 3.05) is 31.3 Å². The van der Waals surface area contributed by atoms with E-state index in [0.29, 0.717) is 0 Å². The summed E-state index contributed by atoms with van der Waals surface area (Å²) in [6.07, 6.45) is 0. The Labute approximate surface area is 122 Å². The van der Waals surface area contributed by atoms with Crippen LogP contribution in [-0.2, 0) is 24.4 Å². The van der Waals surface area contributed by atoms with Gasteiger partial charge >= 0.3 is 0 Å². The third-order valence-corrected chi connectivity index (χ3v) is 8.25. The summed E-state index contributed by atoms with van der Waals surface area (Å²) >= 11 is 0. The molecule has 0 atom stereocenters. The normalized spacial score (nSPS) is 14.5. The summed E-state index contributed by atoms with van der Waals surface area (Å²) in [6.45, 7) is 7.97. The second-order valence-corrected chi connectivity index (χ2v) is 12.0. The van der Waals surface area contributed by atoms with Crippen molar-refractivity contribution in [3.8, 4) is 0 Å². The van der Waals surface area contributed by atoms with E-state index in [0.717, 1.165) is 0 Å². The second-order valence-electron chi connectivity index (χ2n) is 6.35. The van der Waals surface area contributed by atoms with E-state index >= 15 is 0 Å². The zero-order valence-electron chi connectivity index (χ0n) is 13.0. The minimum absolute atomic E-state index is 0.0127. The van der Waals surface area contributed by atoms with Gasteiger partial charge in [-0.05, 0) is 34.6 Å². The van der Waals surface area contributed by atoms with Crippen molar-refractivity contribution in [1.29, 1.82) is 0 Å². The Morgan fingerprint density at radius 3 is 1.80 bits per heavy atom. The van der Waals surface area contributed by atoms with E-state index in [-0.39, 0.29) is 31.3 Å². The largest absolute Gasteiger partial charge is 0.379 e. The molecule has 20 heavy (non-hydrogen) atoms. The van der Waals surface area contributed by atoms with Crippen molar-refractivity contribution < 1.29 is 21.6 Å². The maximum absolute atomic E-state index is 11.9. The van der Waals surface area contributed by atoms with Gasteiger partial charge in [-0.1, -0.05) is 0 Å². The third kappa shape index (κ3) is 5.31. The maximum atomic E-state index is 11.9. The zero-order chi connectivity index (χ0) is 16.2. The molecule has 122 valence electrons. The van der Waals surface area contributed by atoms with E-state index < -0.39 is 29.2 Å². The minimum atomic E-state index is -3.35. The van der Waals surface area contributed by atoms with Crippen LogP contribution < -0.4 is 5.73 Å². The van der Waals surface area contributed by atoms with Gasteiger partial charge < -0.3 is 10.5 Å². The van der Waals surface area contributed by atoms with E-state index in [1.54, 1.807) is 34.6 Å². The number of ether oxygens (including phenoxy) is 1. The first-order valence-electron chi connectivity index (χ1n) is 6.49. The average molecular weight is 329 g/mol. The first-order valence-corrected chi connectivity index (χ1v) is 9.80. The van der Waals surface area contributed by atoms with Crippen molar-refractivity contribution >= 4 is 19.7 Å². The Kier molecular flexibility index (Phi) is 6.66. The Hall–Kier alpha value is -0.180. The van der Waals surface area contributed by atoms with Crippen LogP contribution in [0.4, 0.5) is 0 Å².